The molecule has 0 aliphatic carbocycles. The molecule has 0 aromatic heterocycles. The predicted octanol–water partition coefficient (Wildman–Crippen LogP) is 0.588. The van der Waals surface area contributed by atoms with Gasteiger partial charge in [0, 0.05) is 6.54 Å². The average Bonchev–Trinajstić information content (AvgIpc) is 2.62. The Morgan fingerprint density at radius 2 is 1.84 bits per heavy atom. The number of rotatable bonds is 5. The number of benzene rings is 1. The zero-order valence-corrected chi connectivity index (χ0v) is 10.9. The monoisotopic (exact) mass is 280 g/mol. The van der Waals surface area contributed by atoms with Crippen molar-refractivity contribution in [2.75, 3.05) is 13.2 Å². The first-order chi connectivity index (χ1) is 9.15. The highest BCUT2D eigenvalue weighted by molar-refractivity contribution is 6.47. The van der Waals surface area contributed by atoms with Gasteiger partial charge in [-0.3, -0.25) is 14.5 Å². The van der Waals surface area contributed by atoms with Crippen molar-refractivity contribution >= 4 is 23.4 Å². The van der Waals surface area contributed by atoms with E-state index in [1.165, 1.54) is 0 Å². The third-order valence-corrected chi connectivity index (χ3v) is 3.06. The van der Waals surface area contributed by atoms with Crippen LogP contribution in [0.2, 0.25) is 0 Å². The largest absolute Gasteiger partial charge is 0.395 e. The maximum absolute atomic E-state index is 12.1. The van der Waals surface area contributed by atoms with Crippen LogP contribution in [0.1, 0.15) is 5.56 Å². The van der Waals surface area contributed by atoms with Crippen LogP contribution >= 0.6 is 11.6 Å². The fourth-order valence-corrected chi connectivity index (χ4v) is 2.04. The molecule has 1 aromatic carbocycles. The molecule has 1 aliphatic heterocycles. The van der Waals surface area contributed by atoms with Crippen molar-refractivity contribution in [1.29, 1.82) is 0 Å². The minimum absolute atomic E-state index is 0.0525. The molecule has 2 amide bonds. The summed E-state index contributed by atoms with van der Waals surface area (Å²) in [5.74, 6) is -0.983. The number of hydrogen-bond acceptors (Lipinski definition) is 4. The van der Waals surface area contributed by atoms with Gasteiger partial charge in [0.15, 0.2) is 0 Å². The van der Waals surface area contributed by atoms with Crippen LogP contribution in [0.5, 0.6) is 0 Å². The Morgan fingerprint density at radius 1 is 1.16 bits per heavy atom. The first-order valence-electron chi connectivity index (χ1n) is 5.79. The molecular weight excluding hydrogens is 268 g/mol. The Labute approximate surface area is 115 Å². The number of aliphatic hydroxyl groups is 1. The number of carbonyl (C=O) groups is 2. The summed E-state index contributed by atoms with van der Waals surface area (Å²) >= 11 is 5.84. The first-order valence-corrected chi connectivity index (χ1v) is 6.17. The van der Waals surface area contributed by atoms with Gasteiger partial charge in [-0.1, -0.05) is 41.9 Å². The standard InChI is InChI=1S/C13H13ClN2O3/c14-10-11(15-6-7-17)13(19)16(12(10)18)8-9-4-2-1-3-5-9/h1-5,15,17H,6-8H2. The minimum atomic E-state index is -0.518. The van der Waals surface area contributed by atoms with Crippen molar-refractivity contribution in [2.45, 2.75) is 6.54 Å². The summed E-state index contributed by atoms with van der Waals surface area (Å²) in [6.07, 6.45) is 0. The highest BCUT2D eigenvalue weighted by Crippen LogP contribution is 2.23. The lowest BCUT2D eigenvalue weighted by molar-refractivity contribution is -0.138. The van der Waals surface area contributed by atoms with E-state index in [0.717, 1.165) is 10.5 Å². The first kappa shape index (κ1) is 13.6. The quantitative estimate of drug-likeness (QED) is 0.775. The molecular formula is C13H13ClN2O3. The van der Waals surface area contributed by atoms with E-state index in [9.17, 15) is 9.59 Å². The molecule has 1 aromatic rings. The van der Waals surface area contributed by atoms with E-state index >= 15 is 0 Å². The van der Waals surface area contributed by atoms with E-state index in [4.69, 9.17) is 16.7 Å². The van der Waals surface area contributed by atoms with Crippen LogP contribution in [0.25, 0.3) is 0 Å². The third kappa shape index (κ3) is 2.77. The number of nitrogens with one attached hydrogen (secondary N) is 1. The van der Waals surface area contributed by atoms with Crippen LogP contribution in [-0.2, 0) is 16.1 Å². The van der Waals surface area contributed by atoms with Crippen molar-refractivity contribution < 1.29 is 14.7 Å². The molecule has 0 saturated heterocycles. The molecule has 1 heterocycles. The zero-order valence-electron chi connectivity index (χ0n) is 10.1. The third-order valence-electron chi connectivity index (χ3n) is 2.71. The Morgan fingerprint density at radius 3 is 2.47 bits per heavy atom. The summed E-state index contributed by atoms with van der Waals surface area (Å²) in [7, 11) is 0. The molecule has 0 spiro atoms. The van der Waals surface area contributed by atoms with Gasteiger partial charge in [0.05, 0.1) is 13.2 Å². The number of halogens is 1. The Kier molecular flexibility index (Phi) is 4.19. The number of hydrogen-bond donors (Lipinski definition) is 2. The van der Waals surface area contributed by atoms with E-state index in [1.54, 1.807) is 0 Å². The van der Waals surface area contributed by atoms with Crippen molar-refractivity contribution in [3.63, 3.8) is 0 Å². The highest BCUT2D eigenvalue weighted by Gasteiger charge is 2.37. The highest BCUT2D eigenvalue weighted by atomic mass is 35.5. The van der Waals surface area contributed by atoms with Gasteiger partial charge in [-0.05, 0) is 5.56 Å². The molecule has 6 heteroatoms. The lowest BCUT2D eigenvalue weighted by Gasteiger charge is -2.14. The summed E-state index contributed by atoms with van der Waals surface area (Å²) < 4.78 is 0. The van der Waals surface area contributed by atoms with Crippen LogP contribution in [-0.4, -0.2) is 35.0 Å². The van der Waals surface area contributed by atoms with Crippen molar-refractivity contribution in [2.24, 2.45) is 0 Å². The van der Waals surface area contributed by atoms with E-state index in [-0.39, 0.29) is 30.4 Å². The van der Waals surface area contributed by atoms with E-state index in [1.807, 2.05) is 30.3 Å². The van der Waals surface area contributed by atoms with Crippen molar-refractivity contribution in [1.82, 2.24) is 10.2 Å². The fraction of sp³-hybridized carbons (Fsp3) is 0.231. The SMILES string of the molecule is O=C1C(Cl)=C(NCCO)C(=O)N1Cc1ccccc1. The summed E-state index contributed by atoms with van der Waals surface area (Å²) in [5, 5.41) is 11.3. The molecule has 0 unspecified atom stereocenters. The second-order valence-electron chi connectivity index (χ2n) is 4.02. The molecule has 0 saturated carbocycles. The summed E-state index contributed by atoms with van der Waals surface area (Å²) in [4.78, 5) is 25.0. The van der Waals surface area contributed by atoms with Gasteiger partial charge in [0.2, 0.25) is 0 Å². The van der Waals surface area contributed by atoms with Crippen LogP contribution in [0, 0.1) is 0 Å². The van der Waals surface area contributed by atoms with Crippen LogP contribution in [0.3, 0.4) is 0 Å². The molecule has 2 N–H and O–H groups in total. The minimum Gasteiger partial charge on any atom is -0.395 e. The average molecular weight is 281 g/mol. The van der Waals surface area contributed by atoms with Gasteiger partial charge in [0.1, 0.15) is 10.7 Å². The second kappa shape index (κ2) is 5.86. The van der Waals surface area contributed by atoms with E-state index in [0.29, 0.717) is 0 Å². The topological polar surface area (TPSA) is 69.6 Å². The van der Waals surface area contributed by atoms with Crippen LogP contribution in [0.4, 0.5) is 0 Å². The number of amides is 2. The van der Waals surface area contributed by atoms with Gasteiger partial charge >= 0.3 is 0 Å². The molecule has 1 aliphatic rings. The normalized spacial score (nSPS) is 15.4. The van der Waals surface area contributed by atoms with Crippen molar-refractivity contribution in [3.05, 3.63) is 46.6 Å². The maximum Gasteiger partial charge on any atom is 0.278 e. The Balaban J connectivity index is 2.13. The molecule has 19 heavy (non-hydrogen) atoms. The smallest absolute Gasteiger partial charge is 0.278 e. The van der Waals surface area contributed by atoms with Gasteiger partial charge < -0.3 is 10.4 Å². The van der Waals surface area contributed by atoms with E-state index in [2.05, 4.69) is 5.32 Å². The molecule has 0 fully saturated rings. The lowest BCUT2D eigenvalue weighted by Crippen LogP contribution is -2.33. The maximum atomic E-state index is 12.1. The van der Waals surface area contributed by atoms with Gasteiger partial charge in [-0.2, -0.15) is 0 Å². The molecule has 0 bridgehead atoms. The van der Waals surface area contributed by atoms with Gasteiger partial charge in [-0.25, -0.2) is 0 Å². The van der Waals surface area contributed by atoms with E-state index < -0.39 is 11.8 Å². The number of nitrogens with zero attached hydrogens (tertiary/aromatic N) is 1. The second-order valence-corrected chi connectivity index (χ2v) is 4.40. The molecule has 5 nitrogen and oxygen atoms in total. The number of imide groups is 1. The van der Waals surface area contributed by atoms with Gasteiger partial charge in [0.25, 0.3) is 11.8 Å². The summed E-state index contributed by atoms with van der Waals surface area (Å²) in [5.41, 5.74) is 0.897. The molecule has 100 valence electrons. The fourth-order valence-electron chi connectivity index (χ4n) is 1.79. The predicted molar refractivity (Wildman–Crippen MR) is 70.0 cm³/mol. The Bertz CT molecular complexity index is 528. The van der Waals surface area contributed by atoms with Crippen LogP contribution in [0.15, 0.2) is 41.1 Å². The van der Waals surface area contributed by atoms with Crippen LogP contribution < -0.4 is 5.32 Å². The zero-order chi connectivity index (χ0) is 13.8. The number of carbonyl (C=O) groups excluding carboxylic acids is 2. The molecule has 0 atom stereocenters. The summed E-state index contributed by atoms with van der Waals surface area (Å²) in [6, 6.07) is 9.18. The van der Waals surface area contributed by atoms with Crippen molar-refractivity contribution in [3.8, 4) is 0 Å². The Hall–Kier alpha value is -1.85. The molecule has 0 radical (unpaired) electrons. The summed E-state index contributed by atoms with van der Waals surface area (Å²) in [6.45, 7) is 0.205. The number of aliphatic hydroxyl groups excluding tert-OH is 1. The molecule has 2 rings (SSSR count). The van der Waals surface area contributed by atoms with Gasteiger partial charge in [-0.15, -0.1) is 0 Å². The lowest BCUT2D eigenvalue weighted by atomic mass is 10.2.